The van der Waals surface area contributed by atoms with Crippen LogP contribution in [-0.2, 0) is 16.0 Å². The van der Waals surface area contributed by atoms with Crippen molar-refractivity contribution in [2.24, 2.45) is 5.41 Å². The van der Waals surface area contributed by atoms with Gasteiger partial charge < -0.3 is 9.47 Å². The van der Waals surface area contributed by atoms with Crippen LogP contribution >= 0.6 is 0 Å². The van der Waals surface area contributed by atoms with Crippen molar-refractivity contribution in [3.63, 3.8) is 0 Å². The highest BCUT2D eigenvalue weighted by atomic mass is 16.5. The second kappa shape index (κ2) is 7.70. The van der Waals surface area contributed by atoms with Gasteiger partial charge in [0, 0.05) is 45.1 Å². The average molecular weight is 345 g/mol. The number of hydrogen-bond donors (Lipinski definition) is 0. The van der Waals surface area contributed by atoms with E-state index in [1.165, 1.54) is 51.0 Å². The van der Waals surface area contributed by atoms with Gasteiger partial charge in [0.1, 0.15) is 0 Å². The molecule has 1 aromatic heterocycles. The first kappa shape index (κ1) is 17.4. The van der Waals surface area contributed by atoms with E-state index in [1.54, 1.807) is 0 Å². The Morgan fingerprint density at radius 1 is 1.32 bits per heavy atom. The Kier molecular flexibility index (Phi) is 5.36. The molecule has 2 atom stereocenters. The van der Waals surface area contributed by atoms with Crippen molar-refractivity contribution in [3.8, 4) is 0 Å². The second-order valence-electron chi connectivity index (χ2n) is 8.09. The van der Waals surface area contributed by atoms with E-state index in [1.807, 2.05) is 19.4 Å². The highest BCUT2D eigenvalue weighted by Gasteiger charge is 2.46. The lowest BCUT2D eigenvalue weighted by molar-refractivity contribution is 0.0677. The molecular formula is C20H31N3O2. The number of ether oxygens (including phenoxy) is 2. The summed E-state index contributed by atoms with van der Waals surface area (Å²) in [5, 5.41) is 0. The fourth-order valence-corrected chi connectivity index (χ4v) is 5.03. The Morgan fingerprint density at radius 3 is 2.88 bits per heavy atom. The zero-order chi connectivity index (χ0) is 17.1. The first-order valence-electron chi connectivity index (χ1n) is 9.73. The van der Waals surface area contributed by atoms with Crippen LogP contribution in [-0.4, -0.2) is 73.4 Å². The van der Waals surface area contributed by atoms with E-state index in [2.05, 4.69) is 26.9 Å². The van der Waals surface area contributed by atoms with Crippen LogP contribution in [0.4, 0.5) is 0 Å². The lowest BCUT2D eigenvalue weighted by atomic mass is 9.76. The van der Waals surface area contributed by atoms with Gasteiger partial charge in [-0.1, -0.05) is 6.07 Å². The minimum absolute atomic E-state index is 0.466. The van der Waals surface area contributed by atoms with Crippen LogP contribution in [0.5, 0.6) is 0 Å². The Balaban J connectivity index is 1.39. The van der Waals surface area contributed by atoms with Gasteiger partial charge in [0.2, 0.25) is 0 Å². The minimum Gasteiger partial charge on any atom is -0.383 e. The standard InChI is InChI=1S/C20H31N3O2/c1-24-14-19-12-20(16-23(19)13-17-4-2-3-8-21-17)6-9-22(10-7-20)18-5-11-25-15-18/h2-4,8,18-19H,5-7,9-16H2,1H3/t18-,19+/m0/s1. The maximum Gasteiger partial charge on any atom is 0.0622 e. The van der Waals surface area contributed by atoms with E-state index in [-0.39, 0.29) is 0 Å². The molecule has 3 aliphatic heterocycles. The molecule has 138 valence electrons. The van der Waals surface area contributed by atoms with Crippen LogP contribution in [0, 0.1) is 5.41 Å². The Labute approximate surface area is 151 Å². The molecule has 0 unspecified atom stereocenters. The van der Waals surface area contributed by atoms with Gasteiger partial charge in [0.05, 0.1) is 18.9 Å². The van der Waals surface area contributed by atoms with Crippen LogP contribution in [0.1, 0.15) is 31.4 Å². The molecule has 4 heterocycles. The zero-order valence-electron chi connectivity index (χ0n) is 15.4. The number of pyridine rings is 1. The summed E-state index contributed by atoms with van der Waals surface area (Å²) in [6, 6.07) is 7.40. The summed E-state index contributed by atoms with van der Waals surface area (Å²) in [4.78, 5) is 9.81. The van der Waals surface area contributed by atoms with Crippen molar-refractivity contribution in [3.05, 3.63) is 30.1 Å². The molecule has 0 bridgehead atoms. The van der Waals surface area contributed by atoms with E-state index in [0.717, 1.165) is 26.4 Å². The molecular weight excluding hydrogens is 314 g/mol. The molecule has 3 fully saturated rings. The molecule has 3 aliphatic rings. The fourth-order valence-electron chi connectivity index (χ4n) is 5.03. The molecule has 5 heteroatoms. The molecule has 5 nitrogen and oxygen atoms in total. The zero-order valence-corrected chi connectivity index (χ0v) is 15.4. The van der Waals surface area contributed by atoms with Gasteiger partial charge in [-0.3, -0.25) is 14.8 Å². The fraction of sp³-hybridized carbons (Fsp3) is 0.750. The number of rotatable bonds is 5. The summed E-state index contributed by atoms with van der Waals surface area (Å²) in [5.41, 5.74) is 1.63. The Morgan fingerprint density at radius 2 is 2.20 bits per heavy atom. The SMILES string of the molecule is COC[C@H]1CC2(CCN([C@H]3CCOC3)CC2)CN1Cc1ccccn1. The molecule has 0 aliphatic carbocycles. The van der Waals surface area contributed by atoms with Crippen molar-refractivity contribution in [1.82, 2.24) is 14.8 Å². The van der Waals surface area contributed by atoms with Crippen LogP contribution < -0.4 is 0 Å². The average Bonchev–Trinajstić information content (AvgIpc) is 3.27. The van der Waals surface area contributed by atoms with Crippen molar-refractivity contribution in [1.29, 1.82) is 0 Å². The molecule has 0 aromatic carbocycles. The molecule has 0 radical (unpaired) electrons. The highest BCUT2D eigenvalue weighted by molar-refractivity contribution is 5.06. The largest absolute Gasteiger partial charge is 0.383 e. The predicted octanol–water partition coefficient (Wildman–Crippen LogP) is 2.17. The summed E-state index contributed by atoms with van der Waals surface area (Å²) in [5.74, 6) is 0. The van der Waals surface area contributed by atoms with Gasteiger partial charge in [0.25, 0.3) is 0 Å². The molecule has 0 saturated carbocycles. The quantitative estimate of drug-likeness (QED) is 0.818. The topological polar surface area (TPSA) is 37.8 Å². The summed E-state index contributed by atoms with van der Waals surface area (Å²) in [6.45, 7) is 7.29. The Hall–Kier alpha value is -1.01. The monoisotopic (exact) mass is 345 g/mol. The normalized spacial score (nSPS) is 30.3. The third-order valence-electron chi connectivity index (χ3n) is 6.45. The summed E-state index contributed by atoms with van der Waals surface area (Å²) < 4.78 is 11.1. The van der Waals surface area contributed by atoms with Crippen LogP contribution in [0.3, 0.4) is 0 Å². The number of methoxy groups -OCH3 is 1. The van der Waals surface area contributed by atoms with Gasteiger partial charge in [-0.2, -0.15) is 0 Å². The maximum atomic E-state index is 5.59. The van der Waals surface area contributed by atoms with Crippen LogP contribution in [0.2, 0.25) is 0 Å². The predicted molar refractivity (Wildman–Crippen MR) is 97.4 cm³/mol. The first-order valence-corrected chi connectivity index (χ1v) is 9.73. The maximum absolute atomic E-state index is 5.59. The van der Waals surface area contributed by atoms with Crippen LogP contribution in [0.15, 0.2) is 24.4 Å². The van der Waals surface area contributed by atoms with Crippen LogP contribution in [0.25, 0.3) is 0 Å². The number of aromatic nitrogens is 1. The third kappa shape index (κ3) is 3.90. The molecule has 1 spiro atoms. The van der Waals surface area contributed by atoms with E-state index in [4.69, 9.17) is 9.47 Å². The smallest absolute Gasteiger partial charge is 0.0622 e. The number of piperidine rings is 1. The number of hydrogen-bond acceptors (Lipinski definition) is 5. The van der Waals surface area contributed by atoms with Gasteiger partial charge in [-0.25, -0.2) is 0 Å². The summed E-state index contributed by atoms with van der Waals surface area (Å²) in [6.07, 6.45) is 6.99. The van der Waals surface area contributed by atoms with Crippen molar-refractivity contribution in [2.75, 3.05) is 46.6 Å². The van der Waals surface area contributed by atoms with Gasteiger partial charge in [-0.15, -0.1) is 0 Å². The molecule has 25 heavy (non-hydrogen) atoms. The number of nitrogens with zero attached hydrogens (tertiary/aromatic N) is 3. The van der Waals surface area contributed by atoms with Gasteiger partial charge >= 0.3 is 0 Å². The van der Waals surface area contributed by atoms with E-state index >= 15 is 0 Å². The number of likely N-dealkylation sites (tertiary alicyclic amines) is 2. The summed E-state index contributed by atoms with van der Waals surface area (Å²) in [7, 11) is 1.83. The van der Waals surface area contributed by atoms with E-state index in [0.29, 0.717) is 17.5 Å². The molecule has 0 N–H and O–H groups in total. The molecule has 4 rings (SSSR count). The molecule has 1 aromatic rings. The van der Waals surface area contributed by atoms with E-state index in [9.17, 15) is 0 Å². The van der Waals surface area contributed by atoms with Gasteiger partial charge in [-0.05, 0) is 56.3 Å². The highest BCUT2D eigenvalue weighted by Crippen LogP contribution is 2.44. The van der Waals surface area contributed by atoms with E-state index < -0.39 is 0 Å². The molecule has 3 saturated heterocycles. The van der Waals surface area contributed by atoms with Gasteiger partial charge in [0.15, 0.2) is 0 Å². The summed E-state index contributed by atoms with van der Waals surface area (Å²) >= 11 is 0. The van der Waals surface area contributed by atoms with Crippen molar-refractivity contribution < 1.29 is 9.47 Å². The lowest BCUT2D eigenvalue weighted by Gasteiger charge is -2.41. The second-order valence-corrected chi connectivity index (χ2v) is 8.09. The van der Waals surface area contributed by atoms with Crippen molar-refractivity contribution in [2.45, 2.75) is 44.3 Å². The lowest BCUT2D eigenvalue weighted by Crippen LogP contribution is -2.46. The first-order chi connectivity index (χ1) is 12.3. The Bertz CT molecular complexity index is 539. The van der Waals surface area contributed by atoms with Crippen molar-refractivity contribution >= 4 is 0 Å². The third-order valence-corrected chi connectivity index (χ3v) is 6.45. The minimum atomic E-state index is 0.466. The molecule has 0 amide bonds.